The maximum absolute atomic E-state index is 12.2. The van der Waals surface area contributed by atoms with Gasteiger partial charge in [0.1, 0.15) is 0 Å². The summed E-state index contributed by atoms with van der Waals surface area (Å²) in [6.45, 7) is 0. The van der Waals surface area contributed by atoms with Crippen LogP contribution in [0.5, 0.6) is 0 Å². The van der Waals surface area contributed by atoms with Gasteiger partial charge in [0.05, 0.1) is 10.6 Å². The fourth-order valence-corrected chi connectivity index (χ4v) is 3.35. The van der Waals surface area contributed by atoms with Crippen LogP contribution in [0.15, 0.2) is 29.2 Å². The highest BCUT2D eigenvalue weighted by Gasteiger charge is 2.25. The van der Waals surface area contributed by atoms with Gasteiger partial charge >= 0.3 is 0 Å². The minimum absolute atomic E-state index is 0.0811. The van der Waals surface area contributed by atoms with Crippen LogP contribution in [0.3, 0.4) is 0 Å². The smallest absolute Gasteiger partial charge is 0.227 e. The molecule has 0 atom stereocenters. The first kappa shape index (κ1) is 15.0. The molecule has 0 radical (unpaired) electrons. The van der Waals surface area contributed by atoms with Crippen molar-refractivity contribution in [1.82, 2.24) is 0 Å². The number of amides is 1. The summed E-state index contributed by atoms with van der Waals surface area (Å²) in [7, 11) is -3.35. The van der Waals surface area contributed by atoms with E-state index in [4.69, 9.17) is 5.73 Å². The second kappa shape index (κ2) is 5.93. The Morgan fingerprint density at radius 1 is 1.20 bits per heavy atom. The second-order valence-electron chi connectivity index (χ2n) is 5.37. The maximum atomic E-state index is 12.2. The summed E-state index contributed by atoms with van der Waals surface area (Å²) in [5, 5.41) is 2.74. The minimum Gasteiger partial charge on any atom is -0.328 e. The summed E-state index contributed by atoms with van der Waals surface area (Å²) < 4.78 is 23.4. The van der Waals surface area contributed by atoms with Crippen LogP contribution in [0.25, 0.3) is 0 Å². The van der Waals surface area contributed by atoms with Gasteiger partial charge in [0, 0.05) is 18.2 Å². The SMILES string of the molecule is CS(=O)(=O)c1ccccc1NC(=O)C1CCC(N)CC1. The van der Waals surface area contributed by atoms with E-state index in [9.17, 15) is 13.2 Å². The largest absolute Gasteiger partial charge is 0.328 e. The third-order valence-electron chi connectivity index (χ3n) is 3.69. The molecule has 0 saturated heterocycles. The number of carbonyl (C=O) groups is 1. The summed E-state index contributed by atoms with van der Waals surface area (Å²) in [6, 6.07) is 6.65. The number of carbonyl (C=O) groups excluding carboxylic acids is 1. The van der Waals surface area contributed by atoms with E-state index in [1.165, 1.54) is 6.07 Å². The maximum Gasteiger partial charge on any atom is 0.227 e. The quantitative estimate of drug-likeness (QED) is 0.885. The molecule has 2 rings (SSSR count). The molecule has 1 amide bonds. The average molecular weight is 296 g/mol. The average Bonchev–Trinajstić information content (AvgIpc) is 2.38. The van der Waals surface area contributed by atoms with Gasteiger partial charge in [-0.3, -0.25) is 4.79 Å². The van der Waals surface area contributed by atoms with Crippen molar-refractivity contribution in [2.24, 2.45) is 11.7 Å². The Morgan fingerprint density at radius 3 is 2.40 bits per heavy atom. The third-order valence-corrected chi connectivity index (χ3v) is 4.84. The first-order valence-electron chi connectivity index (χ1n) is 6.73. The van der Waals surface area contributed by atoms with Crippen molar-refractivity contribution in [3.63, 3.8) is 0 Å². The molecule has 3 N–H and O–H groups in total. The summed E-state index contributed by atoms with van der Waals surface area (Å²) in [6.07, 6.45) is 4.33. The minimum atomic E-state index is -3.35. The molecule has 1 aliphatic rings. The molecule has 5 nitrogen and oxygen atoms in total. The number of nitrogens with one attached hydrogen (secondary N) is 1. The van der Waals surface area contributed by atoms with Crippen molar-refractivity contribution in [1.29, 1.82) is 0 Å². The van der Waals surface area contributed by atoms with E-state index in [1.54, 1.807) is 18.2 Å². The van der Waals surface area contributed by atoms with Crippen LogP contribution in [0, 0.1) is 5.92 Å². The molecule has 0 bridgehead atoms. The first-order chi connectivity index (χ1) is 9.38. The van der Waals surface area contributed by atoms with Gasteiger partial charge in [-0.1, -0.05) is 12.1 Å². The first-order valence-corrected chi connectivity index (χ1v) is 8.62. The standard InChI is InChI=1S/C14H20N2O3S/c1-20(18,19)13-5-3-2-4-12(13)16-14(17)10-6-8-11(15)9-7-10/h2-5,10-11H,6-9,15H2,1H3,(H,16,17). The van der Waals surface area contributed by atoms with Crippen LogP contribution in [0.1, 0.15) is 25.7 Å². The van der Waals surface area contributed by atoms with E-state index in [0.29, 0.717) is 5.69 Å². The lowest BCUT2D eigenvalue weighted by molar-refractivity contribution is -0.120. The van der Waals surface area contributed by atoms with Gasteiger partial charge in [-0.05, 0) is 37.8 Å². The van der Waals surface area contributed by atoms with E-state index >= 15 is 0 Å². The molecule has 110 valence electrons. The number of hydrogen-bond acceptors (Lipinski definition) is 4. The molecule has 1 aliphatic carbocycles. The lowest BCUT2D eigenvalue weighted by Crippen LogP contribution is -2.32. The molecule has 0 aromatic heterocycles. The summed E-state index contributed by atoms with van der Waals surface area (Å²) in [5.41, 5.74) is 6.18. The summed E-state index contributed by atoms with van der Waals surface area (Å²) in [4.78, 5) is 12.4. The van der Waals surface area contributed by atoms with Crippen molar-refractivity contribution < 1.29 is 13.2 Å². The van der Waals surface area contributed by atoms with Crippen molar-refractivity contribution in [2.45, 2.75) is 36.6 Å². The van der Waals surface area contributed by atoms with Crippen LogP contribution < -0.4 is 11.1 Å². The normalized spacial score (nSPS) is 23.3. The molecule has 1 aromatic carbocycles. The summed E-state index contributed by atoms with van der Waals surface area (Å²) >= 11 is 0. The predicted octanol–water partition coefficient (Wildman–Crippen LogP) is 1.55. The number of para-hydroxylation sites is 1. The van der Waals surface area contributed by atoms with Gasteiger partial charge in [-0.2, -0.15) is 0 Å². The molecule has 6 heteroatoms. The summed E-state index contributed by atoms with van der Waals surface area (Å²) in [5.74, 6) is -0.199. The zero-order valence-electron chi connectivity index (χ0n) is 11.5. The van der Waals surface area contributed by atoms with Gasteiger partial charge in [-0.15, -0.1) is 0 Å². The van der Waals surface area contributed by atoms with Crippen LogP contribution in [0.2, 0.25) is 0 Å². The van der Waals surface area contributed by atoms with Crippen LogP contribution >= 0.6 is 0 Å². The Balaban J connectivity index is 2.13. The van der Waals surface area contributed by atoms with Crippen molar-refractivity contribution in [2.75, 3.05) is 11.6 Å². The molecule has 20 heavy (non-hydrogen) atoms. The Bertz CT molecular complexity index is 590. The van der Waals surface area contributed by atoms with Gasteiger partial charge < -0.3 is 11.1 Å². The van der Waals surface area contributed by atoms with Crippen molar-refractivity contribution >= 4 is 21.4 Å². The highest BCUT2D eigenvalue weighted by molar-refractivity contribution is 7.90. The highest BCUT2D eigenvalue weighted by atomic mass is 32.2. The topological polar surface area (TPSA) is 89.3 Å². The van der Waals surface area contributed by atoms with E-state index in [2.05, 4.69) is 5.32 Å². The fourth-order valence-electron chi connectivity index (χ4n) is 2.51. The zero-order valence-corrected chi connectivity index (χ0v) is 12.3. The predicted molar refractivity (Wildman–Crippen MR) is 78.1 cm³/mol. The Morgan fingerprint density at radius 2 is 1.80 bits per heavy atom. The van der Waals surface area contributed by atoms with E-state index in [0.717, 1.165) is 31.9 Å². The Kier molecular flexibility index (Phi) is 4.45. The zero-order chi connectivity index (χ0) is 14.8. The number of rotatable bonds is 3. The third kappa shape index (κ3) is 3.58. The number of nitrogens with two attached hydrogens (primary N) is 1. The molecule has 0 heterocycles. The number of benzene rings is 1. The highest BCUT2D eigenvalue weighted by Crippen LogP contribution is 2.26. The Hall–Kier alpha value is -1.40. The molecule has 1 aromatic rings. The van der Waals surface area contributed by atoms with E-state index < -0.39 is 9.84 Å². The van der Waals surface area contributed by atoms with E-state index in [1.807, 2.05) is 0 Å². The number of anilines is 1. The van der Waals surface area contributed by atoms with Gasteiger partial charge in [0.15, 0.2) is 9.84 Å². The van der Waals surface area contributed by atoms with Crippen LogP contribution in [-0.4, -0.2) is 26.6 Å². The lowest BCUT2D eigenvalue weighted by atomic mass is 9.86. The number of sulfone groups is 1. The molecular formula is C14H20N2O3S. The monoisotopic (exact) mass is 296 g/mol. The van der Waals surface area contributed by atoms with Gasteiger partial charge in [-0.25, -0.2) is 8.42 Å². The van der Waals surface area contributed by atoms with Crippen LogP contribution in [-0.2, 0) is 14.6 Å². The van der Waals surface area contributed by atoms with E-state index in [-0.39, 0.29) is 22.8 Å². The molecule has 1 saturated carbocycles. The van der Waals surface area contributed by atoms with Crippen LogP contribution in [0.4, 0.5) is 5.69 Å². The Labute approximate surface area is 119 Å². The van der Waals surface area contributed by atoms with Gasteiger partial charge in [0.2, 0.25) is 5.91 Å². The van der Waals surface area contributed by atoms with Crippen molar-refractivity contribution in [3.8, 4) is 0 Å². The second-order valence-corrected chi connectivity index (χ2v) is 7.35. The van der Waals surface area contributed by atoms with Crippen molar-refractivity contribution in [3.05, 3.63) is 24.3 Å². The van der Waals surface area contributed by atoms with Gasteiger partial charge in [0.25, 0.3) is 0 Å². The molecule has 0 spiro atoms. The molecule has 0 unspecified atom stereocenters. The lowest BCUT2D eigenvalue weighted by Gasteiger charge is -2.25. The number of hydrogen-bond donors (Lipinski definition) is 2. The molecular weight excluding hydrogens is 276 g/mol. The molecule has 1 fully saturated rings. The fraction of sp³-hybridized carbons (Fsp3) is 0.500. The molecule has 0 aliphatic heterocycles.